The first-order chi connectivity index (χ1) is 15.0. The van der Waals surface area contributed by atoms with E-state index in [2.05, 4.69) is 47.7 Å². The molecule has 2 aromatic heterocycles. The molecule has 7 nitrogen and oxygen atoms in total. The molecule has 7 heteroatoms. The Balaban J connectivity index is 1.55. The lowest BCUT2D eigenvalue weighted by atomic mass is 10.1. The Kier molecular flexibility index (Phi) is 5.14. The maximum Gasteiger partial charge on any atom is 0.326 e. The summed E-state index contributed by atoms with van der Waals surface area (Å²) in [5.41, 5.74) is 10.0. The standard InChI is InChI=1S/C24H30N6O/c1-16(2)9-11-28-21-8-5-17(13-25)12-20(21)27-22(28)15-30-23-18(4-3-10-26-23)14-29(24(30)31)19-6-7-19/h3-5,8,10,12,16,19H,6-7,9,11,13-15,25H2,1-2H3. The normalized spacial score (nSPS) is 16.5. The number of hydrogen-bond acceptors (Lipinski definition) is 4. The third kappa shape index (κ3) is 3.78. The van der Waals surface area contributed by atoms with Crippen molar-refractivity contribution in [3.8, 4) is 0 Å². The van der Waals surface area contributed by atoms with Crippen LogP contribution in [0.15, 0.2) is 36.5 Å². The van der Waals surface area contributed by atoms with Crippen molar-refractivity contribution in [2.75, 3.05) is 4.90 Å². The van der Waals surface area contributed by atoms with E-state index in [4.69, 9.17) is 10.7 Å². The summed E-state index contributed by atoms with van der Waals surface area (Å²) in [6.07, 6.45) is 4.99. The Labute approximate surface area is 182 Å². The van der Waals surface area contributed by atoms with Crippen molar-refractivity contribution in [1.29, 1.82) is 0 Å². The second kappa shape index (κ2) is 7.96. The molecule has 2 amide bonds. The van der Waals surface area contributed by atoms with Gasteiger partial charge in [-0.3, -0.25) is 4.90 Å². The maximum atomic E-state index is 13.4. The fraction of sp³-hybridized carbons (Fsp3) is 0.458. The van der Waals surface area contributed by atoms with E-state index in [9.17, 15) is 4.79 Å². The van der Waals surface area contributed by atoms with Crippen LogP contribution in [0, 0.1) is 5.92 Å². The molecule has 3 heterocycles. The van der Waals surface area contributed by atoms with Gasteiger partial charge >= 0.3 is 6.03 Å². The van der Waals surface area contributed by atoms with E-state index in [0.29, 0.717) is 31.6 Å². The van der Waals surface area contributed by atoms with Gasteiger partial charge in [0.25, 0.3) is 0 Å². The largest absolute Gasteiger partial charge is 0.326 e. The Bertz CT molecular complexity index is 1120. The Morgan fingerprint density at radius 1 is 1.23 bits per heavy atom. The molecule has 1 aliphatic carbocycles. The van der Waals surface area contributed by atoms with Gasteiger partial charge in [-0.15, -0.1) is 0 Å². The number of fused-ring (bicyclic) bond motifs is 2. The van der Waals surface area contributed by atoms with Crippen molar-refractivity contribution in [3.63, 3.8) is 0 Å². The van der Waals surface area contributed by atoms with Gasteiger partial charge in [-0.25, -0.2) is 14.8 Å². The monoisotopic (exact) mass is 418 g/mol. The summed E-state index contributed by atoms with van der Waals surface area (Å²) in [5, 5.41) is 0. The molecule has 0 atom stereocenters. The van der Waals surface area contributed by atoms with Crippen molar-refractivity contribution in [2.24, 2.45) is 11.7 Å². The molecular formula is C24H30N6O. The summed E-state index contributed by atoms with van der Waals surface area (Å²) in [4.78, 5) is 26.8. The quantitative estimate of drug-likeness (QED) is 0.628. The molecule has 1 fully saturated rings. The van der Waals surface area contributed by atoms with E-state index >= 15 is 0 Å². The predicted molar refractivity (Wildman–Crippen MR) is 121 cm³/mol. The molecule has 5 rings (SSSR count). The van der Waals surface area contributed by atoms with E-state index in [1.807, 2.05) is 15.9 Å². The molecule has 2 aliphatic rings. The smallest absolute Gasteiger partial charge is 0.326 e. The highest BCUT2D eigenvalue weighted by Gasteiger charge is 2.40. The van der Waals surface area contributed by atoms with E-state index in [-0.39, 0.29) is 6.03 Å². The minimum absolute atomic E-state index is 0.0406. The van der Waals surface area contributed by atoms with Gasteiger partial charge in [-0.05, 0) is 48.9 Å². The third-order valence-corrected chi connectivity index (χ3v) is 6.29. The van der Waals surface area contributed by atoms with Crippen LogP contribution in [-0.2, 0) is 26.2 Å². The molecule has 1 aliphatic heterocycles. The first-order valence-electron chi connectivity index (χ1n) is 11.2. The first kappa shape index (κ1) is 20.0. The second-order valence-corrected chi connectivity index (χ2v) is 9.10. The summed E-state index contributed by atoms with van der Waals surface area (Å²) in [7, 11) is 0. The lowest BCUT2D eigenvalue weighted by Crippen LogP contribution is -2.48. The van der Waals surface area contributed by atoms with Gasteiger partial charge in [0.1, 0.15) is 11.6 Å². The number of carbonyl (C=O) groups is 1. The van der Waals surface area contributed by atoms with Crippen LogP contribution in [0.2, 0.25) is 0 Å². The molecule has 3 aromatic rings. The predicted octanol–water partition coefficient (Wildman–Crippen LogP) is 4.04. The lowest BCUT2D eigenvalue weighted by molar-refractivity contribution is 0.194. The Hall–Kier alpha value is -2.93. The highest BCUT2D eigenvalue weighted by molar-refractivity contribution is 5.94. The average Bonchev–Trinajstić information content (AvgIpc) is 3.55. The summed E-state index contributed by atoms with van der Waals surface area (Å²) >= 11 is 0. The number of benzene rings is 1. The number of amides is 2. The van der Waals surface area contributed by atoms with Gasteiger partial charge in [0.15, 0.2) is 0 Å². The molecule has 0 unspecified atom stereocenters. The minimum atomic E-state index is 0.0406. The summed E-state index contributed by atoms with van der Waals surface area (Å²) in [6.45, 7) is 6.88. The number of nitrogens with two attached hydrogens (primary N) is 1. The van der Waals surface area contributed by atoms with Crippen molar-refractivity contribution in [1.82, 2.24) is 19.4 Å². The van der Waals surface area contributed by atoms with Crippen LogP contribution in [0.25, 0.3) is 11.0 Å². The van der Waals surface area contributed by atoms with Gasteiger partial charge in [0.2, 0.25) is 0 Å². The number of pyridine rings is 1. The number of aromatic nitrogens is 3. The number of rotatable bonds is 7. The molecular weight excluding hydrogens is 388 g/mol. The fourth-order valence-corrected chi connectivity index (χ4v) is 4.36. The molecule has 0 radical (unpaired) electrons. The van der Waals surface area contributed by atoms with Gasteiger partial charge in [0.05, 0.1) is 24.1 Å². The van der Waals surface area contributed by atoms with Crippen LogP contribution in [0.5, 0.6) is 0 Å². The first-order valence-corrected chi connectivity index (χ1v) is 11.2. The number of aryl methyl sites for hydroxylation is 1. The Morgan fingerprint density at radius 2 is 2.06 bits per heavy atom. The average molecular weight is 419 g/mol. The molecule has 1 saturated carbocycles. The van der Waals surface area contributed by atoms with Crippen molar-refractivity contribution in [3.05, 3.63) is 53.5 Å². The Morgan fingerprint density at radius 3 is 2.81 bits per heavy atom. The summed E-state index contributed by atoms with van der Waals surface area (Å²) in [5.74, 6) is 2.24. The zero-order chi connectivity index (χ0) is 21.5. The van der Waals surface area contributed by atoms with Crippen LogP contribution in [-0.4, -0.2) is 31.5 Å². The highest BCUT2D eigenvalue weighted by Crippen LogP contribution is 2.36. The molecule has 162 valence electrons. The van der Waals surface area contributed by atoms with Crippen LogP contribution < -0.4 is 10.6 Å². The van der Waals surface area contributed by atoms with Crippen LogP contribution in [0.3, 0.4) is 0 Å². The second-order valence-electron chi connectivity index (χ2n) is 9.10. The molecule has 31 heavy (non-hydrogen) atoms. The zero-order valence-corrected chi connectivity index (χ0v) is 18.3. The van der Waals surface area contributed by atoms with Crippen LogP contribution in [0.1, 0.15) is 50.1 Å². The number of nitrogens with zero attached hydrogens (tertiary/aromatic N) is 5. The number of hydrogen-bond donors (Lipinski definition) is 1. The number of anilines is 1. The summed E-state index contributed by atoms with van der Waals surface area (Å²) in [6, 6.07) is 10.7. The fourth-order valence-electron chi connectivity index (χ4n) is 4.36. The lowest BCUT2D eigenvalue weighted by Gasteiger charge is -2.36. The number of urea groups is 1. The topological polar surface area (TPSA) is 80.3 Å². The molecule has 2 N–H and O–H groups in total. The van der Waals surface area contributed by atoms with Gasteiger partial charge in [0, 0.05) is 30.9 Å². The van der Waals surface area contributed by atoms with Crippen LogP contribution in [0.4, 0.5) is 10.6 Å². The van der Waals surface area contributed by atoms with Crippen molar-refractivity contribution in [2.45, 2.75) is 65.3 Å². The van der Waals surface area contributed by atoms with Crippen molar-refractivity contribution < 1.29 is 4.79 Å². The van der Waals surface area contributed by atoms with E-state index in [1.54, 1.807) is 6.20 Å². The zero-order valence-electron chi connectivity index (χ0n) is 18.3. The molecule has 1 aromatic carbocycles. The SMILES string of the molecule is CC(C)CCn1c(CN2C(=O)N(C3CC3)Cc3cccnc32)nc2cc(CN)ccc21. The number of imidazole rings is 1. The van der Waals surface area contributed by atoms with Crippen molar-refractivity contribution >= 4 is 22.9 Å². The highest BCUT2D eigenvalue weighted by atomic mass is 16.2. The summed E-state index contributed by atoms with van der Waals surface area (Å²) < 4.78 is 2.27. The number of carbonyl (C=O) groups excluding carboxylic acids is 1. The van der Waals surface area contributed by atoms with Gasteiger partial charge < -0.3 is 15.2 Å². The van der Waals surface area contributed by atoms with E-state index in [1.165, 1.54) is 0 Å². The third-order valence-electron chi connectivity index (χ3n) is 6.29. The molecule has 0 saturated heterocycles. The molecule has 0 bridgehead atoms. The molecule has 0 spiro atoms. The van der Waals surface area contributed by atoms with Gasteiger partial charge in [-0.2, -0.15) is 0 Å². The van der Waals surface area contributed by atoms with E-state index in [0.717, 1.165) is 59.6 Å². The van der Waals surface area contributed by atoms with E-state index < -0.39 is 0 Å². The van der Waals surface area contributed by atoms with Crippen LogP contribution >= 0.6 is 0 Å². The maximum absolute atomic E-state index is 13.4. The minimum Gasteiger partial charge on any atom is -0.326 e. The van der Waals surface area contributed by atoms with Gasteiger partial charge in [-0.1, -0.05) is 26.0 Å².